The average Bonchev–Trinajstić information content (AvgIpc) is 2.70. The van der Waals surface area contributed by atoms with Gasteiger partial charge in [0.25, 0.3) is 0 Å². The Bertz CT molecular complexity index is 412. The molecule has 0 N–H and O–H groups in total. The predicted molar refractivity (Wildman–Crippen MR) is 79.5 cm³/mol. The Kier molecular flexibility index (Phi) is 4.54. The fourth-order valence-electron chi connectivity index (χ4n) is 2.97. The monoisotopic (exact) mass is 283 g/mol. The van der Waals surface area contributed by atoms with Crippen molar-refractivity contribution < 1.29 is 0 Å². The Morgan fingerprint density at radius 2 is 1.79 bits per heavy atom. The van der Waals surface area contributed by atoms with E-state index in [2.05, 4.69) is 42.5 Å². The van der Waals surface area contributed by atoms with Gasteiger partial charge >= 0.3 is 0 Å². The van der Waals surface area contributed by atoms with Gasteiger partial charge in [-0.25, -0.2) is 0 Å². The van der Waals surface area contributed by atoms with Crippen molar-refractivity contribution in [3.63, 3.8) is 0 Å². The molecule has 0 bridgehead atoms. The standard InChI is InChI=1S/C15H26ClN3/c1-11-5-7-12(8-6-11)9-10-19-13(15(2,3)4)17-18-14(19)16/h11-12H,5-10H2,1-4H3. The van der Waals surface area contributed by atoms with Crippen molar-refractivity contribution in [3.8, 4) is 0 Å². The zero-order chi connectivity index (χ0) is 14.0. The Hall–Kier alpha value is -0.570. The van der Waals surface area contributed by atoms with Crippen LogP contribution in [-0.4, -0.2) is 14.8 Å². The van der Waals surface area contributed by atoms with Crippen LogP contribution in [0.2, 0.25) is 5.28 Å². The van der Waals surface area contributed by atoms with E-state index in [4.69, 9.17) is 11.6 Å². The topological polar surface area (TPSA) is 30.7 Å². The highest BCUT2D eigenvalue weighted by atomic mass is 35.5. The van der Waals surface area contributed by atoms with E-state index in [1.54, 1.807) is 0 Å². The quantitative estimate of drug-likeness (QED) is 0.821. The summed E-state index contributed by atoms with van der Waals surface area (Å²) in [5, 5.41) is 8.82. The van der Waals surface area contributed by atoms with Crippen LogP contribution < -0.4 is 0 Å². The highest BCUT2D eigenvalue weighted by Gasteiger charge is 2.24. The third-order valence-electron chi connectivity index (χ3n) is 4.27. The normalized spacial score (nSPS) is 24.7. The minimum absolute atomic E-state index is 0.00121. The zero-order valence-corrected chi connectivity index (χ0v) is 13.4. The van der Waals surface area contributed by atoms with E-state index in [-0.39, 0.29) is 5.41 Å². The Morgan fingerprint density at radius 1 is 1.16 bits per heavy atom. The third kappa shape index (κ3) is 3.71. The summed E-state index contributed by atoms with van der Waals surface area (Å²) in [6.45, 7) is 9.80. The van der Waals surface area contributed by atoms with Gasteiger partial charge in [-0.3, -0.25) is 0 Å². The van der Waals surface area contributed by atoms with E-state index in [0.29, 0.717) is 5.28 Å². The summed E-state index contributed by atoms with van der Waals surface area (Å²) in [7, 11) is 0. The van der Waals surface area contributed by atoms with E-state index >= 15 is 0 Å². The van der Waals surface area contributed by atoms with Crippen LogP contribution in [0.5, 0.6) is 0 Å². The van der Waals surface area contributed by atoms with Crippen LogP contribution in [0, 0.1) is 11.8 Å². The molecule has 1 aliphatic carbocycles. The third-order valence-corrected chi connectivity index (χ3v) is 4.55. The maximum atomic E-state index is 6.18. The molecule has 108 valence electrons. The lowest BCUT2D eigenvalue weighted by Crippen LogP contribution is -2.21. The smallest absolute Gasteiger partial charge is 0.225 e. The molecular weight excluding hydrogens is 258 g/mol. The molecule has 0 unspecified atom stereocenters. The highest BCUT2D eigenvalue weighted by Crippen LogP contribution is 2.31. The average molecular weight is 284 g/mol. The fraction of sp³-hybridized carbons (Fsp3) is 0.867. The number of aromatic nitrogens is 3. The molecule has 0 radical (unpaired) electrons. The second-order valence-electron chi connectivity index (χ2n) is 7.11. The maximum Gasteiger partial charge on any atom is 0.225 e. The first-order valence-corrected chi connectivity index (χ1v) is 7.85. The van der Waals surface area contributed by atoms with Crippen LogP contribution in [0.25, 0.3) is 0 Å². The highest BCUT2D eigenvalue weighted by molar-refractivity contribution is 6.28. The van der Waals surface area contributed by atoms with Gasteiger partial charge in [0.2, 0.25) is 5.28 Å². The van der Waals surface area contributed by atoms with Crippen molar-refractivity contribution in [2.45, 2.75) is 71.8 Å². The molecule has 0 saturated heterocycles. The van der Waals surface area contributed by atoms with Gasteiger partial charge in [-0.15, -0.1) is 10.2 Å². The summed E-state index contributed by atoms with van der Waals surface area (Å²) in [5.41, 5.74) is 0.00121. The summed E-state index contributed by atoms with van der Waals surface area (Å²) < 4.78 is 2.10. The molecule has 0 spiro atoms. The molecule has 1 aliphatic rings. The molecule has 1 aromatic rings. The fourth-order valence-corrected chi connectivity index (χ4v) is 3.17. The second kappa shape index (κ2) is 5.82. The van der Waals surface area contributed by atoms with Gasteiger partial charge in [0, 0.05) is 12.0 Å². The summed E-state index contributed by atoms with van der Waals surface area (Å²) in [6, 6.07) is 0. The molecular formula is C15H26ClN3. The first-order valence-electron chi connectivity index (χ1n) is 7.47. The molecule has 0 atom stereocenters. The number of hydrogen-bond donors (Lipinski definition) is 0. The van der Waals surface area contributed by atoms with E-state index in [1.165, 1.54) is 32.1 Å². The molecule has 0 amide bonds. The molecule has 0 aliphatic heterocycles. The van der Waals surface area contributed by atoms with Crippen LogP contribution >= 0.6 is 11.6 Å². The van der Waals surface area contributed by atoms with Gasteiger partial charge in [-0.2, -0.15) is 0 Å². The van der Waals surface area contributed by atoms with Gasteiger partial charge in [0.05, 0.1) is 0 Å². The van der Waals surface area contributed by atoms with Crippen molar-refractivity contribution in [2.75, 3.05) is 0 Å². The van der Waals surface area contributed by atoms with Crippen LogP contribution in [-0.2, 0) is 12.0 Å². The SMILES string of the molecule is CC1CCC(CCn2c(Cl)nnc2C(C)(C)C)CC1. The van der Waals surface area contributed by atoms with Crippen LogP contribution in [0.3, 0.4) is 0 Å². The lowest BCUT2D eigenvalue weighted by molar-refractivity contribution is 0.267. The van der Waals surface area contributed by atoms with E-state index in [0.717, 1.165) is 24.2 Å². The van der Waals surface area contributed by atoms with Gasteiger partial charge in [-0.1, -0.05) is 53.4 Å². The predicted octanol–water partition coefficient (Wildman–Crippen LogP) is 4.45. The largest absolute Gasteiger partial charge is 0.301 e. The van der Waals surface area contributed by atoms with Gasteiger partial charge < -0.3 is 4.57 Å². The lowest BCUT2D eigenvalue weighted by atomic mass is 9.81. The van der Waals surface area contributed by atoms with Crippen LogP contribution in [0.4, 0.5) is 0 Å². The number of halogens is 1. The summed E-state index contributed by atoms with van der Waals surface area (Å²) >= 11 is 6.18. The number of nitrogens with zero attached hydrogens (tertiary/aromatic N) is 3. The van der Waals surface area contributed by atoms with Crippen molar-refractivity contribution in [1.82, 2.24) is 14.8 Å². The van der Waals surface area contributed by atoms with Crippen LogP contribution in [0.1, 0.15) is 65.6 Å². The second-order valence-corrected chi connectivity index (χ2v) is 7.45. The number of rotatable bonds is 3. The van der Waals surface area contributed by atoms with Gasteiger partial charge in [0.15, 0.2) is 0 Å². The molecule has 0 aromatic carbocycles. The summed E-state index contributed by atoms with van der Waals surface area (Å²) in [6.07, 6.45) is 6.70. The van der Waals surface area contributed by atoms with Gasteiger partial charge in [0.1, 0.15) is 5.82 Å². The minimum Gasteiger partial charge on any atom is -0.301 e. The Morgan fingerprint density at radius 3 is 2.37 bits per heavy atom. The van der Waals surface area contributed by atoms with E-state index < -0.39 is 0 Å². The summed E-state index contributed by atoms with van der Waals surface area (Å²) in [5.74, 6) is 2.77. The molecule has 3 nitrogen and oxygen atoms in total. The van der Waals surface area contributed by atoms with Crippen molar-refractivity contribution in [3.05, 3.63) is 11.1 Å². The summed E-state index contributed by atoms with van der Waals surface area (Å²) in [4.78, 5) is 0. The molecule has 2 rings (SSSR count). The molecule has 1 saturated carbocycles. The zero-order valence-electron chi connectivity index (χ0n) is 12.6. The van der Waals surface area contributed by atoms with Gasteiger partial charge in [-0.05, 0) is 29.9 Å². The molecule has 1 heterocycles. The minimum atomic E-state index is 0.00121. The molecule has 19 heavy (non-hydrogen) atoms. The molecule has 1 fully saturated rings. The van der Waals surface area contributed by atoms with E-state index in [1.807, 2.05) is 0 Å². The Labute approximate surface area is 121 Å². The molecule has 1 aromatic heterocycles. The van der Waals surface area contributed by atoms with Crippen molar-refractivity contribution in [1.29, 1.82) is 0 Å². The molecule has 4 heteroatoms. The van der Waals surface area contributed by atoms with Crippen molar-refractivity contribution >= 4 is 11.6 Å². The van der Waals surface area contributed by atoms with Crippen LogP contribution in [0.15, 0.2) is 0 Å². The lowest BCUT2D eigenvalue weighted by Gasteiger charge is -2.27. The van der Waals surface area contributed by atoms with Crippen molar-refractivity contribution in [2.24, 2.45) is 11.8 Å². The first-order chi connectivity index (χ1) is 8.88. The first kappa shape index (κ1) is 14.8. The maximum absolute atomic E-state index is 6.18. The van der Waals surface area contributed by atoms with E-state index in [9.17, 15) is 0 Å². The number of hydrogen-bond acceptors (Lipinski definition) is 2. The Balaban J connectivity index is 1.98.